The third-order valence-electron chi connectivity index (χ3n) is 4.45. The van der Waals surface area contributed by atoms with E-state index < -0.39 is 0 Å². The van der Waals surface area contributed by atoms with E-state index >= 15 is 0 Å². The van der Waals surface area contributed by atoms with Gasteiger partial charge in [-0.3, -0.25) is 0 Å². The lowest BCUT2D eigenvalue weighted by Gasteiger charge is -2.10. The Morgan fingerprint density at radius 3 is 3.12 bits per heavy atom. The van der Waals surface area contributed by atoms with Gasteiger partial charge in [-0.25, -0.2) is 9.78 Å². The van der Waals surface area contributed by atoms with Gasteiger partial charge in [-0.05, 0) is 12.0 Å². The van der Waals surface area contributed by atoms with Gasteiger partial charge < -0.3 is 14.6 Å². The van der Waals surface area contributed by atoms with Crippen LogP contribution in [0.3, 0.4) is 0 Å². The second-order valence-electron chi connectivity index (χ2n) is 5.87. The molecule has 4 rings (SSSR count). The molecule has 2 aromatic heterocycles. The molecule has 1 aliphatic heterocycles. The number of carbonyl (C=O) groups is 1. The monoisotopic (exact) mass is 341 g/mol. The van der Waals surface area contributed by atoms with Crippen LogP contribution in [0.1, 0.15) is 17.5 Å². The molecule has 1 aliphatic rings. The van der Waals surface area contributed by atoms with Gasteiger partial charge in [-0.2, -0.15) is 0 Å². The molecule has 3 heterocycles. The molecule has 0 bridgehead atoms. The summed E-state index contributed by atoms with van der Waals surface area (Å²) >= 11 is 1.65. The van der Waals surface area contributed by atoms with Gasteiger partial charge >= 0.3 is 6.09 Å². The van der Waals surface area contributed by atoms with Gasteiger partial charge in [0.05, 0.1) is 17.2 Å². The molecule has 3 aromatic rings. The van der Waals surface area contributed by atoms with Gasteiger partial charge in [0.2, 0.25) is 0 Å². The number of H-pyrrole nitrogens is 1. The number of cyclic esters (lactones) is 1. The summed E-state index contributed by atoms with van der Waals surface area (Å²) in [6, 6.07) is 6.40. The number of nitrogens with one attached hydrogen (secondary N) is 1. The van der Waals surface area contributed by atoms with E-state index in [1.54, 1.807) is 16.2 Å². The van der Waals surface area contributed by atoms with E-state index in [1.807, 2.05) is 6.20 Å². The van der Waals surface area contributed by atoms with Crippen LogP contribution in [0, 0.1) is 0 Å². The third-order valence-corrected chi connectivity index (χ3v) is 5.36. The molecule has 0 atom stereocenters. The predicted octanol–water partition coefficient (Wildman–Crippen LogP) is 3.85. The number of aryl methyl sites for hydroxylation is 1. The average Bonchev–Trinajstić information content (AvgIpc) is 3.31. The maximum absolute atomic E-state index is 11.5. The Morgan fingerprint density at radius 2 is 2.33 bits per heavy atom. The zero-order valence-electron chi connectivity index (χ0n) is 13.5. The molecule has 0 unspecified atom stereocenters. The van der Waals surface area contributed by atoms with Crippen LogP contribution in [0.5, 0.6) is 0 Å². The summed E-state index contributed by atoms with van der Waals surface area (Å²) in [5, 5.41) is 4.36. The molecule has 124 valence electrons. The molecule has 0 saturated carbocycles. The number of aromatic nitrogens is 2. The van der Waals surface area contributed by atoms with Gasteiger partial charge in [0, 0.05) is 41.0 Å². The van der Waals surface area contributed by atoms with E-state index in [-0.39, 0.29) is 6.09 Å². The Kier molecular flexibility index (Phi) is 3.98. The summed E-state index contributed by atoms with van der Waals surface area (Å²) in [5.41, 5.74) is 4.66. The smallest absolute Gasteiger partial charge is 0.409 e. The number of carbonyl (C=O) groups excluding carboxylic acids is 1. The first-order valence-corrected chi connectivity index (χ1v) is 9.09. The van der Waals surface area contributed by atoms with Crippen molar-refractivity contribution in [3.8, 4) is 11.3 Å². The van der Waals surface area contributed by atoms with Crippen LogP contribution in [0.25, 0.3) is 22.2 Å². The molecule has 1 fully saturated rings. The van der Waals surface area contributed by atoms with Crippen LogP contribution in [0.4, 0.5) is 4.79 Å². The van der Waals surface area contributed by atoms with Gasteiger partial charge in [0.25, 0.3) is 0 Å². The second kappa shape index (κ2) is 6.28. The van der Waals surface area contributed by atoms with Gasteiger partial charge in [0.15, 0.2) is 0 Å². The van der Waals surface area contributed by atoms with Crippen molar-refractivity contribution in [2.45, 2.75) is 19.8 Å². The minimum atomic E-state index is -0.212. The van der Waals surface area contributed by atoms with Crippen molar-refractivity contribution in [3.63, 3.8) is 0 Å². The summed E-state index contributed by atoms with van der Waals surface area (Å²) in [6.45, 7) is 4.01. The highest BCUT2D eigenvalue weighted by Crippen LogP contribution is 2.31. The van der Waals surface area contributed by atoms with Crippen molar-refractivity contribution >= 4 is 28.3 Å². The van der Waals surface area contributed by atoms with Crippen molar-refractivity contribution in [2.24, 2.45) is 0 Å². The molecule has 0 radical (unpaired) electrons. The predicted molar refractivity (Wildman–Crippen MR) is 95.4 cm³/mol. The summed E-state index contributed by atoms with van der Waals surface area (Å²) in [4.78, 5) is 21.4. The zero-order chi connectivity index (χ0) is 16.5. The molecular weight excluding hydrogens is 322 g/mol. The molecule has 1 saturated heterocycles. The van der Waals surface area contributed by atoms with E-state index in [0.717, 1.165) is 29.1 Å². The molecule has 24 heavy (non-hydrogen) atoms. The number of benzene rings is 1. The van der Waals surface area contributed by atoms with E-state index in [2.05, 4.69) is 35.5 Å². The van der Waals surface area contributed by atoms with Crippen LogP contribution in [0.2, 0.25) is 0 Å². The molecular formula is C18H19N3O2S. The van der Waals surface area contributed by atoms with Crippen LogP contribution in [-0.2, 0) is 17.6 Å². The molecule has 1 amide bonds. The SMILES string of the molecule is CCc1cccc2c(-c3csc(CCN4CCOC4=O)n3)c[nH]c12. The first kappa shape index (κ1) is 15.2. The number of thiazole rings is 1. The van der Waals surface area contributed by atoms with Gasteiger partial charge in [-0.15, -0.1) is 11.3 Å². The lowest BCUT2D eigenvalue weighted by atomic mass is 10.1. The Labute approximate surface area is 144 Å². The normalized spacial score (nSPS) is 14.5. The Hall–Kier alpha value is -2.34. The maximum atomic E-state index is 11.5. The maximum Gasteiger partial charge on any atom is 0.409 e. The van der Waals surface area contributed by atoms with E-state index in [1.165, 1.54) is 16.5 Å². The molecule has 0 aliphatic carbocycles. The minimum Gasteiger partial charge on any atom is -0.448 e. The third kappa shape index (κ3) is 2.67. The van der Waals surface area contributed by atoms with Crippen LogP contribution < -0.4 is 0 Å². The number of rotatable bonds is 5. The van der Waals surface area contributed by atoms with Crippen molar-refractivity contribution in [1.82, 2.24) is 14.9 Å². The fourth-order valence-electron chi connectivity index (χ4n) is 3.13. The highest BCUT2D eigenvalue weighted by molar-refractivity contribution is 7.10. The fourth-order valence-corrected chi connectivity index (χ4v) is 3.92. The Morgan fingerprint density at radius 1 is 1.42 bits per heavy atom. The van der Waals surface area contributed by atoms with E-state index in [0.29, 0.717) is 19.7 Å². The Balaban J connectivity index is 1.55. The highest BCUT2D eigenvalue weighted by Gasteiger charge is 2.21. The summed E-state index contributed by atoms with van der Waals surface area (Å²) < 4.78 is 4.95. The van der Waals surface area contributed by atoms with Crippen molar-refractivity contribution in [2.75, 3.05) is 19.7 Å². The number of para-hydroxylation sites is 1. The van der Waals surface area contributed by atoms with Gasteiger partial charge in [-0.1, -0.05) is 25.1 Å². The van der Waals surface area contributed by atoms with E-state index in [9.17, 15) is 4.79 Å². The van der Waals surface area contributed by atoms with Crippen molar-refractivity contribution < 1.29 is 9.53 Å². The van der Waals surface area contributed by atoms with Crippen LogP contribution >= 0.6 is 11.3 Å². The first-order valence-electron chi connectivity index (χ1n) is 8.21. The number of hydrogen-bond acceptors (Lipinski definition) is 4. The number of aromatic amines is 1. The molecule has 5 nitrogen and oxygen atoms in total. The molecule has 6 heteroatoms. The number of fused-ring (bicyclic) bond motifs is 1. The number of hydrogen-bond donors (Lipinski definition) is 1. The number of nitrogens with zero attached hydrogens (tertiary/aromatic N) is 2. The molecule has 0 spiro atoms. The van der Waals surface area contributed by atoms with Gasteiger partial charge in [0.1, 0.15) is 6.61 Å². The lowest BCUT2D eigenvalue weighted by molar-refractivity contribution is 0.159. The molecule has 1 aromatic carbocycles. The summed E-state index contributed by atoms with van der Waals surface area (Å²) in [7, 11) is 0. The number of amides is 1. The quantitative estimate of drug-likeness (QED) is 0.767. The fraction of sp³-hybridized carbons (Fsp3) is 0.333. The summed E-state index contributed by atoms with van der Waals surface area (Å²) in [5.74, 6) is 0. The van der Waals surface area contributed by atoms with Crippen LogP contribution in [0.15, 0.2) is 29.8 Å². The van der Waals surface area contributed by atoms with Crippen molar-refractivity contribution in [1.29, 1.82) is 0 Å². The minimum absolute atomic E-state index is 0.212. The lowest BCUT2D eigenvalue weighted by Crippen LogP contribution is -2.26. The second-order valence-corrected chi connectivity index (χ2v) is 6.82. The summed E-state index contributed by atoms with van der Waals surface area (Å²) in [6.07, 6.45) is 3.60. The highest BCUT2D eigenvalue weighted by atomic mass is 32.1. The Bertz CT molecular complexity index is 883. The zero-order valence-corrected chi connectivity index (χ0v) is 14.4. The van der Waals surface area contributed by atoms with E-state index in [4.69, 9.17) is 9.72 Å². The van der Waals surface area contributed by atoms with Crippen molar-refractivity contribution in [3.05, 3.63) is 40.3 Å². The largest absolute Gasteiger partial charge is 0.448 e. The topological polar surface area (TPSA) is 58.2 Å². The average molecular weight is 341 g/mol. The first-order chi connectivity index (χ1) is 11.8. The number of ether oxygens (including phenoxy) is 1. The standard InChI is InChI=1S/C18H19N3O2S/c1-2-12-4-3-5-13-14(10-19-17(12)13)15-11-24-16(20-15)6-7-21-8-9-23-18(21)22/h3-5,10-11,19H,2,6-9H2,1H3. The van der Waals surface area contributed by atoms with Crippen LogP contribution in [-0.4, -0.2) is 40.7 Å². The molecule has 1 N–H and O–H groups in total.